The molecule has 262 valence electrons. The van der Waals surface area contributed by atoms with Gasteiger partial charge in [-0.05, 0) is 37.2 Å². The molecule has 1 aliphatic rings. The number of alkyl halides is 3. The van der Waals surface area contributed by atoms with Crippen molar-refractivity contribution in [1.82, 2.24) is 21.3 Å². The minimum Gasteiger partial charge on any atom is -0.475 e. The van der Waals surface area contributed by atoms with E-state index in [-0.39, 0.29) is 30.6 Å². The summed E-state index contributed by atoms with van der Waals surface area (Å²) in [4.78, 5) is 60.5. The Labute approximate surface area is 270 Å². The number of hydrogen-bond donors (Lipinski definition) is 10. The summed E-state index contributed by atoms with van der Waals surface area (Å²) in [6.07, 6.45) is 1.08. The Morgan fingerprint density at radius 3 is 1.94 bits per heavy atom. The van der Waals surface area contributed by atoms with Gasteiger partial charge in [-0.1, -0.05) is 56.4 Å². The standard InChI is InChI=1S/C27H43N9O4.C2HF3O2/c1-33-24(38)19(14-17-9-11-18(12-10-17)22(28)29)25(39)36-21(15-16-6-3-2-4-7-16)26(40)35-20(23(30)37)8-5-13-34-27(31)32;3-2(4,5)1(6)7/h9-12,16,19-21H,2-8,13-15H2,1H3,(H3,28,29)(H2,30,37)(H,33,38)(H,35,40)(H,36,39)(H4,31,32,34);(H,6,7)/t19?,20-,21-;/m0./s1. The maximum Gasteiger partial charge on any atom is 0.490 e. The minimum atomic E-state index is -5.08. The lowest BCUT2D eigenvalue weighted by atomic mass is 9.84. The average molecular weight is 672 g/mol. The Kier molecular flexibility index (Phi) is 16.7. The summed E-state index contributed by atoms with van der Waals surface area (Å²) >= 11 is 0. The normalized spacial score (nSPS) is 15.0. The summed E-state index contributed by atoms with van der Waals surface area (Å²) in [7, 11) is 1.44. The Morgan fingerprint density at radius 2 is 1.47 bits per heavy atom. The van der Waals surface area contributed by atoms with Gasteiger partial charge in [0.25, 0.3) is 0 Å². The van der Waals surface area contributed by atoms with Crippen molar-refractivity contribution in [1.29, 1.82) is 10.8 Å². The molecule has 1 aromatic rings. The fourth-order valence-corrected chi connectivity index (χ4v) is 4.88. The molecule has 47 heavy (non-hydrogen) atoms. The molecule has 13 N–H and O–H groups in total. The number of carbonyl (C=O) groups is 5. The van der Waals surface area contributed by atoms with Crippen molar-refractivity contribution in [3.8, 4) is 0 Å². The molecule has 1 unspecified atom stereocenters. The number of guanidine groups is 1. The van der Waals surface area contributed by atoms with Gasteiger partial charge in [0.2, 0.25) is 23.6 Å². The van der Waals surface area contributed by atoms with Gasteiger partial charge in [0.15, 0.2) is 5.96 Å². The Balaban J connectivity index is 0.00000141. The number of amidine groups is 1. The van der Waals surface area contributed by atoms with Crippen molar-refractivity contribution in [2.45, 2.75) is 76.0 Å². The van der Waals surface area contributed by atoms with Crippen molar-refractivity contribution in [3.63, 3.8) is 0 Å². The van der Waals surface area contributed by atoms with Crippen molar-refractivity contribution >= 4 is 41.4 Å². The lowest BCUT2D eigenvalue weighted by Gasteiger charge is -2.28. The molecule has 1 aromatic carbocycles. The molecule has 1 saturated carbocycles. The molecule has 3 atom stereocenters. The van der Waals surface area contributed by atoms with Crippen LogP contribution in [0.25, 0.3) is 0 Å². The van der Waals surface area contributed by atoms with Gasteiger partial charge < -0.3 is 43.6 Å². The predicted octanol–water partition coefficient (Wildman–Crippen LogP) is 0.197. The number of carboxylic acids is 1. The van der Waals surface area contributed by atoms with Crippen LogP contribution in [0, 0.1) is 22.7 Å². The smallest absolute Gasteiger partial charge is 0.475 e. The number of benzene rings is 1. The highest BCUT2D eigenvalue weighted by Gasteiger charge is 2.38. The number of nitrogens with two attached hydrogens (primary N) is 3. The van der Waals surface area contributed by atoms with E-state index in [1.165, 1.54) is 7.05 Å². The van der Waals surface area contributed by atoms with Gasteiger partial charge >= 0.3 is 12.1 Å². The fraction of sp³-hybridized carbons (Fsp3) is 0.552. The Hall–Kier alpha value is -4.90. The zero-order chi connectivity index (χ0) is 35.7. The van der Waals surface area contributed by atoms with E-state index in [4.69, 9.17) is 37.9 Å². The number of nitrogen functional groups attached to an aromatic ring is 1. The summed E-state index contributed by atoms with van der Waals surface area (Å²) in [6.45, 7) is 0.332. The monoisotopic (exact) mass is 671 g/mol. The van der Waals surface area contributed by atoms with Crippen LogP contribution in [0.4, 0.5) is 13.2 Å². The van der Waals surface area contributed by atoms with Crippen LogP contribution in [0.15, 0.2) is 24.3 Å². The number of primary amides is 1. The minimum absolute atomic E-state index is 0.0779. The second kappa shape index (κ2) is 19.6. The number of carbonyl (C=O) groups excluding carboxylic acids is 4. The summed E-state index contributed by atoms with van der Waals surface area (Å²) < 4.78 is 31.7. The molecule has 18 heteroatoms. The molecule has 15 nitrogen and oxygen atoms in total. The molecule has 0 aromatic heterocycles. The van der Waals surface area contributed by atoms with E-state index in [2.05, 4.69) is 21.3 Å². The van der Waals surface area contributed by atoms with Crippen molar-refractivity contribution in [2.75, 3.05) is 13.6 Å². The van der Waals surface area contributed by atoms with Gasteiger partial charge in [-0.2, -0.15) is 13.2 Å². The van der Waals surface area contributed by atoms with Crippen LogP contribution in [-0.2, 0) is 30.4 Å². The number of aliphatic carboxylic acids is 1. The van der Waals surface area contributed by atoms with E-state index in [0.717, 1.165) is 32.1 Å². The topological polar surface area (TPSA) is 279 Å². The molecule has 1 aliphatic carbocycles. The molecule has 0 spiro atoms. The van der Waals surface area contributed by atoms with Crippen molar-refractivity contribution in [3.05, 3.63) is 35.4 Å². The molecule has 0 heterocycles. The van der Waals surface area contributed by atoms with Crippen LogP contribution in [0.1, 0.15) is 62.5 Å². The molecular weight excluding hydrogens is 627 g/mol. The number of carboxylic acid groups (broad SMARTS) is 1. The third kappa shape index (κ3) is 15.3. The quantitative estimate of drug-likeness (QED) is 0.0527. The number of nitrogens with one attached hydrogen (secondary N) is 6. The molecular formula is C29H44F3N9O6. The number of amides is 4. The van der Waals surface area contributed by atoms with Crippen molar-refractivity contribution < 1.29 is 42.3 Å². The molecule has 0 radical (unpaired) electrons. The lowest BCUT2D eigenvalue weighted by Crippen LogP contribution is -2.55. The first-order chi connectivity index (χ1) is 22.0. The van der Waals surface area contributed by atoms with Gasteiger partial charge in [-0.3, -0.25) is 30.0 Å². The van der Waals surface area contributed by atoms with Crippen LogP contribution in [-0.4, -0.2) is 78.4 Å². The first-order valence-corrected chi connectivity index (χ1v) is 14.9. The van der Waals surface area contributed by atoms with Gasteiger partial charge in [0.1, 0.15) is 23.8 Å². The van der Waals surface area contributed by atoms with Crippen molar-refractivity contribution in [2.24, 2.45) is 29.0 Å². The number of rotatable bonds is 15. The SMILES string of the molecule is CNC(=O)C(Cc1ccc(C(=N)N)cc1)C(=O)N[C@@H](CC1CCCCC1)C(=O)N[C@@H](CCCNC(=N)N)C(N)=O.O=C(O)C(F)(F)F. The van der Waals surface area contributed by atoms with Gasteiger partial charge in [-0.25, -0.2) is 4.79 Å². The van der Waals surface area contributed by atoms with Crippen LogP contribution >= 0.6 is 0 Å². The Bertz CT molecular complexity index is 1250. The first-order valence-electron chi connectivity index (χ1n) is 14.9. The van der Waals surface area contributed by atoms with Gasteiger partial charge in [0, 0.05) is 19.2 Å². The molecule has 0 saturated heterocycles. The highest BCUT2D eigenvalue weighted by molar-refractivity contribution is 6.02. The molecule has 2 rings (SSSR count). The highest BCUT2D eigenvalue weighted by atomic mass is 19.4. The van der Waals surface area contributed by atoms with Crippen LogP contribution in [0.2, 0.25) is 0 Å². The second-order valence-corrected chi connectivity index (χ2v) is 11.0. The zero-order valence-electron chi connectivity index (χ0n) is 26.0. The molecule has 1 fully saturated rings. The maximum absolute atomic E-state index is 13.4. The van der Waals surface area contributed by atoms with Gasteiger partial charge in [-0.15, -0.1) is 0 Å². The Morgan fingerprint density at radius 1 is 0.915 bits per heavy atom. The first kappa shape index (κ1) is 40.1. The van der Waals surface area contributed by atoms with E-state index >= 15 is 0 Å². The summed E-state index contributed by atoms with van der Waals surface area (Å²) in [5, 5.41) is 32.5. The maximum atomic E-state index is 13.4. The summed E-state index contributed by atoms with van der Waals surface area (Å²) in [5.74, 6) is -6.30. The van der Waals surface area contributed by atoms with E-state index in [9.17, 15) is 32.3 Å². The third-order valence-corrected chi connectivity index (χ3v) is 7.40. The van der Waals surface area contributed by atoms with E-state index < -0.39 is 53.8 Å². The predicted molar refractivity (Wildman–Crippen MR) is 166 cm³/mol. The highest BCUT2D eigenvalue weighted by Crippen LogP contribution is 2.27. The fourth-order valence-electron chi connectivity index (χ4n) is 4.88. The average Bonchev–Trinajstić information content (AvgIpc) is 3.00. The second-order valence-electron chi connectivity index (χ2n) is 11.0. The number of hydrogen-bond acceptors (Lipinski definition) is 7. The molecule has 0 bridgehead atoms. The third-order valence-electron chi connectivity index (χ3n) is 7.40. The lowest BCUT2D eigenvalue weighted by molar-refractivity contribution is -0.192. The van der Waals surface area contributed by atoms with E-state index in [1.807, 2.05) is 0 Å². The zero-order valence-corrected chi connectivity index (χ0v) is 26.0. The van der Waals surface area contributed by atoms with Crippen LogP contribution in [0.5, 0.6) is 0 Å². The van der Waals surface area contributed by atoms with Crippen LogP contribution < -0.4 is 38.5 Å². The molecule has 0 aliphatic heterocycles. The van der Waals surface area contributed by atoms with Gasteiger partial charge in [0.05, 0.1) is 0 Å². The molecule has 4 amide bonds. The van der Waals surface area contributed by atoms with Crippen LogP contribution in [0.3, 0.4) is 0 Å². The summed E-state index contributed by atoms with van der Waals surface area (Å²) in [5.41, 5.74) is 17.5. The number of halogens is 3. The van der Waals surface area contributed by atoms with E-state index in [0.29, 0.717) is 30.5 Å². The largest absolute Gasteiger partial charge is 0.490 e. The summed E-state index contributed by atoms with van der Waals surface area (Å²) in [6, 6.07) is 4.76. The van der Waals surface area contributed by atoms with E-state index in [1.54, 1.807) is 24.3 Å².